The third-order valence-corrected chi connectivity index (χ3v) is 4.43. The van der Waals surface area contributed by atoms with Crippen molar-refractivity contribution in [2.24, 2.45) is 0 Å². The van der Waals surface area contributed by atoms with E-state index in [9.17, 15) is 18.0 Å². The molecule has 136 valence electrons. The first-order valence-electron chi connectivity index (χ1n) is 8.35. The van der Waals surface area contributed by atoms with Gasteiger partial charge < -0.3 is 10.2 Å². The van der Waals surface area contributed by atoms with Crippen LogP contribution in [0, 0.1) is 13.8 Å². The number of halogens is 3. The molecule has 0 aromatic carbocycles. The van der Waals surface area contributed by atoms with Gasteiger partial charge in [0.25, 0.3) is 0 Å². The molecular formula is C16H25F3N4O. The zero-order valence-corrected chi connectivity index (χ0v) is 14.4. The van der Waals surface area contributed by atoms with Crippen molar-refractivity contribution >= 4 is 6.03 Å². The van der Waals surface area contributed by atoms with Gasteiger partial charge in [0.15, 0.2) is 0 Å². The first-order chi connectivity index (χ1) is 11.2. The Bertz CT molecular complexity index is 575. The van der Waals surface area contributed by atoms with Crippen LogP contribution in [0.25, 0.3) is 0 Å². The predicted molar refractivity (Wildman–Crippen MR) is 84.7 cm³/mol. The number of hydrogen-bond acceptors (Lipinski definition) is 2. The van der Waals surface area contributed by atoms with Crippen molar-refractivity contribution < 1.29 is 18.0 Å². The van der Waals surface area contributed by atoms with Gasteiger partial charge in [-0.3, -0.25) is 4.68 Å². The average Bonchev–Trinajstić information content (AvgIpc) is 2.68. The lowest BCUT2D eigenvalue weighted by molar-refractivity contribution is -0.143. The second-order valence-electron chi connectivity index (χ2n) is 6.43. The second-order valence-corrected chi connectivity index (χ2v) is 6.43. The maximum Gasteiger partial charge on any atom is 0.408 e. The molecule has 0 bridgehead atoms. The Balaban J connectivity index is 2.09. The molecule has 2 amide bonds. The van der Waals surface area contributed by atoms with E-state index in [1.807, 2.05) is 0 Å². The lowest BCUT2D eigenvalue weighted by atomic mass is 10.1. The summed E-state index contributed by atoms with van der Waals surface area (Å²) < 4.78 is 38.8. The molecule has 24 heavy (non-hydrogen) atoms. The number of rotatable bonds is 3. The smallest absolute Gasteiger partial charge is 0.331 e. The summed E-state index contributed by atoms with van der Waals surface area (Å²) in [5, 5.41) is 6.89. The Morgan fingerprint density at radius 3 is 2.33 bits per heavy atom. The zero-order chi connectivity index (χ0) is 17.9. The number of alkyl halides is 3. The molecule has 1 aliphatic rings. The van der Waals surface area contributed by atoms with Crippen molar-refractivity contribution in [2.45, 2.75) is 65.2 Å². The van der Waals surface area contributed by atoms with Crippen LogP contribution in [0.2, 0.25) is 0 Å². The van der Waals surface area contributed by atoms with Gasteiger partial charge >= 0.3 is 12.2 Å². The van der Waals surface area contributed by atoms with E-state index in [0.29, 0.717) is 17.0 Å². The van der Waals surface area contributed by atoms with Gasteiger partial charge in [0.1, 0.15) is 6.54 Å². The van der Waals surface area contributed by atoms with Gasteiger partial charge in [-0.1, -0.05) is 12.8 Å². The summed E-state index contributed by atoms with van der Waals surface area (Å²) in [4.78, 5) is 14.2. The fourth-order valence-corrected chi connectivity index (χ4v) is 3.28. The molecule has 2 heterocycles. The zero-order valence-electron chi connectivity index (χ0n) is 14.4. The molecule has 1 aromatic heterocycles. The molecule has 8 heteroatoms. The molecule has 1 unspecified atom stereocenters. The predicted octanol–water partition coefficient (Wildman–Crippen LogP) is 3.71. The summed E-state index contributed by atoms with van der Waals surface area (Å²) in [5.74, 6) is 0. The Labute approximate surface area is 140 Å². The van der Waals surface area contributed by atoms with Crippen LogP contribution >= 0.6 is 0 Å². The van der Waals surface area contributed by atoms with Crippen LogP contribution in [-0.4, -0.2) is 40.0 Å². The molecule has 0 radical (unpaired) electrons. The van der Waals surface area contributed by atoms with E-state index in [1.54, 1.807) is 25.7 Å². The molecule has 0 saturated carbocycles. The fourth-order valence-electron chi connectivity index (χ4n) is 3.28. The topological polar surface area (TPSA) is 50.2 Å². The van der Waals surface area contributed by atoms with Crippen LogP contribution in [0.15, 0.2) is 0 Å². The Morgan fingerprint density at radius 2 is 1.79 bits per heavy atom. The van der Waals surface area contributed by atoms with Crippen molar-refractivity contribution in [1.29, 1.82) is 0 Å². The first-order valence-corrected chi connectivity index (χ1v) is 8.35. The number of nitrogens with one attached hydrogen (secondary N) is 1. The van der Waals surface area contributed by atoms with Gasteiger partial charge in [0.05, 0.1) is 11.7 Å². The highest BCUT2D eigenvalue weighted by atomic mass is 19.4. The number of nitrogens with zero attached hydrogens (tertiary/aromatic N) is 3. The van der Waals surface area contributed by atoms with Crippen LogP contribution in [0.1, 0.15) is 55.6 Å². The molecule has 0 aliphatic carbocycles. The summed E-state index contributed by atoms with van der Waals surface area (Å²) in [6.07, 6.45) is -0.0880. The summed E-state index contributed by atoms with van der Waals surface area (Å²) in [7, 11) is 0. The number of amides is 2. The van der Waals surface area contributed by atoms with E-state index in [0.717, 1.165) is 43.5 Å². The van der Waals surface area contributed by atoms with E-state index < -0.39 is 12.7 Å². The lowest BCUT2D eigenvalue weighted by Gasteiger charge is -2.24. The third kappa shape index (κ3) is 4.64. The van der Waals surface area contributed by atoms with Crippen LogP contribution in [-0.2, 0) is 6.54 Å². The van der Waals surface area contributed by atoms with Crippen LogP contribution in [0.5, 0.6) is 0 Å². The van der Waals surface area contributed by atoms with Gasteiger partial charge in [-0.15, -0.1) is 0 Å². The average molecular weight is 346 g/mol. The summed E-state index contributed by atoms with van der Waals surface area (Å²) in [6, 6.07) is -0.547. The highest BCUT2D eigenvalue weighted by Gasteiger charge is 2.31. The molecule has 0 spiro atoms. The molecule has 1 N–H and O–H groups in total. The van der Waals surface area contributed by atoms with Crippen LogP contribution in [0.4, 0.5) is 18.0 Å². The van der Waals surface area contributed by atoms with Gasteiger partial charge in [-0.25, -0.2) is 4.79 Å². The molecule has 1 saturated heterocycles. The summed E-state index contributed by atoms with van der Waals surface area (Å²) in [5.41, 5.74) is 1.61. The van der Waals surface area contributed by atoms with Crippen molar-refractivity contribution in [2.75, 3.05) is 13.1 Å². The molecule has 5 nitrogen and oxygen atoms in total. The first kappa shape index (κ1) is 18.6. The maximum absolute atomic E-state index is 12.6. The molecule has 2 rings (SSSR count). The van der Waals surface area contributed by atoms with E-state index in [4.69, 9.17) is 0 Å². The maximum atomic E-state index is 12.6. The van der Waals surface area contributed by atoms with Crippen molar-refractivity contribution in [3.05, 3.63) is 17.0 Å². The second kappa shape index (κ2) is 7.44. The number of aromatic nitrogens is 2. The quantitative estimate of drug-likeness (QED) is 0.907. The number of hydrogen-bond donors (Lipinski definition) is 1. The number of carbonyl (C=O) groups is 1. The summed E-state index contributed by atoms with van der Waals surface area (Å²) >= 11 is 0. The monoisotopic (exact) mass is 346 g/mol. The molecule has 1 fully saturated rings. The van der Waals surface area contributed by atoms with Crippen molar-refractivity contribution in [1.82, 2.24) is 20.0 Å². The summed E-state index contributed by atoms with van der Waals surface area (Å²) in [6.45, 7) is 5.39. The number of likely N-dealkylation sites (tertiary alicyclic amines) is 1. The lowest BCUT2D eigenvalue weighted by Crippen LogP contribution is -2.41. The minimum atomic E-state index is -4.32. The number of urea groups is 1. The van der Waals surface area contributed by atoms with Gasteiger partial charge in [-0.2, -0.15) is 18.3 Å². The molecule has 1 aromatic rings. The Kier molecular flexibility index (Phi) is 5.77. The number of aryl methyl sites for hydroxylation is 1. The van der Waals surface area contributed by atoms with Crippen molar-refractivity contribution in [3.63, 3.8) is 0 Å². The van der Waals surface area contributed by atoms with Crippen LogP contribution < -0.4 is 5.32 Å². The highest BCUT2D eigenvalue weighted by molar-refractivity contribution is 5.74. The van der Waals surface area contributed by atoms with Gasteiger partial charge in [0.2, 0.25) is 0 Å². The largest absolute Gasteiger partial charge is 0.408 e. The molecular weight excluding hydrogens is 321 g/mol. The molecule has 1 aliphatic heterocycles. The minimum absolute atomic E-state index is 0.160. The van der Waals surface area contributed by atoms with E-state index in [-0.39, 0.29) is 12.1 Å². The minimum Gasteiger partial charge on any atom is -0.331 e. The standard InChI is InChI=1S/C16H25F3N4O/c1-11(20-15(24)22-8-6-4-5-7-9-22)14-12(2)21-23(13(14)3)10-16(17,18)19/h11H,4-10H2,1-3H3,(H,20,24). The van der Waals surface area contributed by atoms with E-state index in [2.05, 4.69) is 10.4 Å². The van der Waals surface area contributed by atoms with Gasteiger partial charge in [0, 0.05) is 24.3 Å². The Hall–Kier alpha value is -1.73. The number of carbonyl (C=O) groups excluding carboxylic acids is 1. The normalized spacial score (nSPS) is 17.5. The SMILES string of the molecule is Cc1nn(CC(F)(F)F)c(C)c1C(C)NC(=O)N1CCCCCC1. The van der Waals surface area contributed by atoms with E-state index >= 15 is 0 Å². The fraction of sp³-hybridized carbons (Fsp3) is 0.750. The third-order valence-electron chi connectivity index (χ3n) is 4.43. The molecule has 1 atom stereocenters. The Morgan fingerprint density at radius 1 is 1.21 bits per heavy atom. The van der Waals surface area contributed by atoms with E-state index in [1.165, 1.54) is 0 Å². The van der Waals surface area contributed by atoms with Crippen molar-refractivity contribution in [3.8, 4) is 0 Å². The van der Waals surface area contributed by atoms with Gasteiger partial charge in [-0.05, 0) is 33.6 Å². The van der Waals surface area contributed by atoms with Crippen LogP contribution in [0.3, 0.4) is 0 Å². The highest BCUT2D eigenvalue weighted by Crippen LogP contribution is 2.25.